The Morgan fingerprint density at radius 2 is 1.93 bits per heavy atom. The summed E-state index contributed by atoms with van der Waals surface area (Å²) in [5.41, 5.74) is 0.170. The SMILES string of the molecule is CCN(CC)C(=O)COc1ccc(NC(=O)c2ccc(=O)n(CCOC)n2)cc1Cl. The summed E-state index contributed by atoms with van der Waals surface area (Å²) in [5.74, 6) is -0.299. The number of methoxy groups -OCH3 is 1. The van der Waals surface area contributed by atoms with Gasteiger partial charge in [0.05, 0.1) is 18.2 Å². The minimum absolute atomic E-state index is 0.0759. The van der Waals surface area contributed by atoms with Gasteiger partial charge in [-0.2, -0.15) is 5.10 Å². The van der Waals surface area contributed by atoms with Gasteiger partial charge in [0.1, 0.15) is 11.4 Å². The predicted octanol–water partition coefficient (Wildman–Crippen LogP) is 2.04. The first-order valence-electron chi connectivity index (χ1n) is 9.48. The lowest BCUT2D eigenvalue weighted by molar-refractivity contribution is -0.132. The van der Waals surface area contributed by atoms with Crippen LogP contribution in [0.3, 0.4) is 0 Å². The molecule has 2 amide bonds. The topological polar surface area (TPSA) is 103 Å². The van der Waals surface area contributed by atoms with Crippen LogP contribution in [0.1, 0.15) is 24.3 Å². The van der Waals surface area contributed by atoms with E-state index >= 15 is 0 Å². The van der Waals surface area contributed by atoms with Gasteiger partial charge in [0.2, 0.25) is 0 Å². The van der Waals surface area contributed by atoms with Crippen LogP contribution in [-0.4, -0.2) is 59.9 Å². The maximum atomic E-state index is 12.5. The number of nitrogens with one attached hydrogen (secondary N) is 1. The van der Waals surface area contributed by atoms with Crippen molar-refractivity contribution in [1.29, 1.82) is 0 Å². The molecule has 0 aliphatic carbocycles. The van der Waals surface area contributed by atoms with Gasteiger partial charge in [-0.15, -0.1) is 0 Å². The summed E-state index contributed by atoms with van der Waals surface area (Å²) < 4.78 is 11.6. The first-order chi connectivity index (χ1) is 14.4. The van der Waals surface area contributed by atoms with E-state index in [1.54, 1.807) is 17.0 Å². The zero-order chi connectivity index (χ0) is 22.1. The summed E-state index contributed by atoms with van der Waals surface area (Å²) in [7, 11) is 1.51. The molecule has 9 nitrogen and oxygen atoms in total. The molecule has 0 unspecified atom stereocenters. The molecule has 0 atom stereocenters. The molecule has 10 heteroatoms. The minimum atomic E-state index is -0.498. The Labute approximate surface area is 179 Å². The van der Waals surface area contributed by atoms with Gasteiger partial charge >= 0.3 is 0 Å². The number of carbonyl (C=O) groups excluding carboxylic acids is 2. The fourth-order valence-electron chi connectivity index (χ4n) is 2.61. The van der Waals surface area contributed by atoms with E-state index in [-0.39, 0.29) is 35.3 Å². The van der Waals surface area contributed by atoms with E-state index in [0.29, 0.717) is 31.1 Å². The Morgan fingerprint density at radius 1 is 1.20 bits per heavy atom. The maximum Gasteiger partial charge on any atom is 0.276 e. The Morgan fingerprint density at radius 3 is 2.57 bits per heavy atom. The first kappa shape index (κ1) is 23.4. The highest BCUT2D eigenvalue weighted by atomic mass is 35.5. The first-order valence-corrected chi connectivity index (χ1v) is 9.86. The van der Waals surface area contributed by atoms with Crippen molar-refractivity contribution in [2.24, 2.45) is 0 Å². The van der Waals surface area contributed by atoms with Crippen LogP contribution in [0.25, 0.3) is 0 Å². The van der Waals surface area contributed by atoms with E-state index < -0.39 is 5.91 Å². The summed E-state index contributed by atoms with van der Waals surface area (Å²) in [4.78, 5) is 37.9. The van der Waals surface area contributed by atoms with Crippen molar-refractivity contribution >= 4 is 29.1 Å². The molecule has 0 aliphatic heterocycles. The van der Waals surface area contributed by atoms with Crippen LogP contribution in [0.15, 0.2) is 35.1 Å². The number of halogens is 1. The van der Waals surface area contributed by atoms with Crippen LogP contribution < -0.4 is 15.6 Å². The van der Waals surface area contributed by atoms with E-state index in [9.17, 15) is 14.4 Å². The quantitative estimate of drug-likeness (QED) is 0.611. The smallest absolute Gasteiger partial charge is 0.276 e. The molecular weight excluding hydrogens is 412 g/mol. The van der Waals surface area contributed by atoms with Crippen molar-refractivity contribution in [3.8, 4) is 5.75 Å². The van der Waals surface area contributed by atoms with Crippen molar-refractivity contribution < 1.29 is 19.1 Å². The van der Waals surface area contributed by atoms with E-state index in [1.165, 1.54) is 25.3 Å². The van der Waals surface area contributed by atoms with Crippen LogP contribution in [0, 0.1) is 0 Å². The molecule has 0 spiro atoms. The molecule has 1 aromatic heterocycles. The van der Waals surface area contributed by atoms with Gasteiger partial charge in [-0.3, -0.25) is 14.4 Å². The van der Waals surface area contributed by atoms with Crippen molar-refractivity contribution in [3.05, 3.63) is 51.4 Å². The summed E-state index contributed by atoms with van der Waals surface area (Å²) >= 11 is 6.22. The van der Waals surface area contributed by atoms with Gasteiger partial charge in [0.15, 0.2) is 6.61 Å². The van der Waals surface area contributed by atoms with Crippen LogP contribution in [0.2, 0.25) is 5.02 Å². The number of amides is 2. The normalized spacial score (nSPS) is 10.5. The number of hydrogen-bond acceptors (Lipinski definition) is 6. The third-order valence-corrected chi connectivity index (χ3v) is 4.56. The highest BCUT2D eigenvalue weighted by molar-refractivity contribution is 6.32. The van der Waals surface area contributed by atoms with Crippen molar-refractivity contribution in [3.63, 3.8) is 0 Å². The van der Waals surface area contributed by atoms with Crippen molar-refractivity contribution in [2.75, 3.05) is 38.7 Å². The zero-order valence-electron chi connectivity index (χ0n) is 17.2. The third-order valence-electron chi connectivity index (χ3n) is 4.26. The summed E-state index contributed by atoms with van der Waals surface area (Å²) in [5, 5.41) is 6.96. The van der Waals surface area contributed by atoms with E-state index in [4.69, 9.17) is 21.1 Å². The number of nitrogens with zero attached hydrogens (tertiary/aromatic N) is 3. The molecule has 1 aromatic carbocycles. The second kappa shape index (κ2) is 11.3. The van der Waals surface area contributed by atoms with Crippen molar-refractivity contribution in [1.82, 2.24) is 14.7 Å². The molecule has 1 heterocycles. The average Bonchev–Trinajstić information content (AvgIpc) is 2.73. The number of aromatic nitrogens is 2. The van der Waals surface area contributed by atoms with Crippen LogP contribution in [-0.2, 0) is 16.1 Å². The molecule has 0 fully saturated rings. The number of hydrogen-bond donors (Lipinski definition) is 1. The number of ether oxygens (including phenoxy) is 2. The van der Waals surface area contributed by atoms with Crippen LogP contribution in [0.4, 0.5) is 5.69 Å². The van der Waals surface area contributed by atoms with Crippen LogP contribution in [0.5, 0.6) is 5.75 Å². The molecule has 2 rings (SSSR count). The summed E-state index contributed by atoms with van der Waals surface area (Å²) in [6.07, 6.45) is 0. The standard InChI is InChI=1S/C20H25ClN4O5/c1-4-24(5-2)19(27)13-30-17-8-6-14(12-15(17)21)22-20(28)16-7-9-18(26)25(23-16)10-11-29-3/h6-9,12H,4-5,10-11,13H2,1-3H3,(H,22,28). The van der Waals surface area contributed by atoms with E-state index in [1.807, 2.05) is 13.8 Å². The lowest BCUT2D eigenvalue weighted by atomic mass is 10.3. The Kier molecular flexibility index (Phi) is 8.82. The van der Waals surface area contributed by atoms with Gasteiger partial charge in [-0.25, -0.2) is 4.68 Å². The lowest BCUT2D eigenvalue weighted by Gasteiger charge is -2.19. The largest absolute Gasteiger partial charge is 0.482 e. The van der Waals surface area contributed by atoms with Gasteiger partial charge in [-0.1, -0.05) is 11.6 Å². The maximum absolute atomic E-state index is 12.5. The Bertz CT molecular complexity index is 943. The molecular formula is C20H25ClN4O5. The molecule has 0 radical (unpaired) electrons. The molecule has 162 valence electrons. The highest BCUT2D eigenvalue weighted by Gasteiger charge is 2.14. The molecule has 1 N–H and O–H groups in total. The molecule has 0 aliphatic rings. The average molecular weight is 437 g/mol. The second-order valence-corrected chi connectivity index (χ2v) is 6.63. The fourth-order valence-corrected chi connectivity index (χ4v) is 2.84. The Balaban J connectivity index is 2.04. The third kappa shape index (κ3) is 6.30. The zero-order valence-corrected chi connectivity index (χ0v) is 17.9. The number of likely N-dealkylation sites (N-methyl/N-ethyl adjacent to an activating group) is 1. The fraction of sp³-hybridized carbons (Fsp3) is 0.400. The predicted molar refractivity (Wildman–Crippen MR) is 113 cm³/mol. The van der Waals surface area contributed by atoms with E-state index in [0.717, 1.165) is 4.68 Å². The van der Waals surface area contributed by atoms with Gasteiger partial charge in [0.25, 0.3) is 17.4 Å². The summed E-state index contributed by atoms with van der Waals surface area (Å²) in [6.45, 7) is 5.40. The lowest BCUT2D eigenvalue weighted by Crippen LogP contribution is -2.34. The number of carbonyl (C=O) groups is 2. The monoisotopic (exact) mass is 436 g/mol. The van der Waals surface area contributed by atoms with Crippen molar-refractivity contribution in [2.45, 2.75) is 20.4 Å². The highest BCUT2D eigenvalue weighted by Crippen LogP contribution is 2.28. The molecule has 30 heavy (non-hydrogen) atoms. The summed E-state index contributed by atoms with van der Waals surface area (Å²) in [6, 6.07) is 7.30. The molecule has 0 bridgehead atoms. The minimum Gasteiger partial charge on any atom is -0.482 e. The number of anilines is 1. The number of benzene rings is 1. The van der Waals surface area contributed by atoms with Gasteiger partial charge in [0, 0.05) is 32.0 Å². The van der Waals surface area contributed by atoms with Crippen LogP contribution >= 0.6 is 11.6 Å². The molecule has 0 saturated carbocycles. The van der Waals surface area contributed by atoms with E-state index in [2.05, 4.69) is 10.4 Å². The Hall–Kier alpha value is -2.91. The van der Waals surface area contributed by atoms with Gasteiger partial charge in [-0.05, 0) is 38.1 Å². The molecule has 2 aromatic rings. The molecule has 0 saturated heterocycles. The number of rotatable bonds is 10. The van der Waals surface area contributed by atoms with Gasteiger partial charge < -0.3 is 19.7 Å². The second-order valence-electron chi connectivity index (χ2n) is 6.23.